The van der Waals surface area contributed by atoms with Crippen LogP contribution in [0.25, 0.3) is 0 Å². The summed E-state index contributed by atoms with van der Waals surface area (Å²) in [6.45, 7) is 2.45. The Kier molecular flexibility index (Phi) is 3.34. The normalized spacial score (nSPS) is 13.4. The average Bonchev–Trinajstić information content (AvgIpc) is 2.83. The maximum absolute atomic E-state index is 13.9. The molecule has 1 aliphatic heterocycles. The van der Waals surface area contributed by atoms with Crippen LogP contribution in [0.4, 0.5) is 10.1 Å². The molecule has 0 N–H and O–H groups in total. The van der Waals surface area contributed by atoms with E-state index in [4.69, 9.17) is 0 Å². The van der Waals surface area contributed by atoms with Gasteiger partial charge < -0.3 is 4.90 Å². The first-order chi connectivity index (χ1) is 9.56. The molecule has 102 valence electrons. The topological polar surface area (TPSA) is 20.3 Å². The van der Waals surface area contributed by atoms with Gasteiger partial charge in [-0.15, -0.1) is 0 Å². The molecule has 3 rings (SSSR count). The number of fused-ring (bicyclic) bond motifs is 1. The summed E-state index contributed by atoms with van der Waals surface area (Å²) < 4.78 is 14.8. The molecular formula is C16H13BrFNO. The second kappa shape index (κ2) is 5.02. The van der Waals surface area contributed by atoms with Gasteiger partial charge in [-0.2, -0.15) is 0 Å². The summed E-state index contributed by atoms with van der Waals surface area (Å²) in [5, 5.41) is 0. The second-order valence-corrected chi connectivity index (χ2v) is 5.88. The molecular weight excluding hydrogens is 321 g/mol. The van der Waals surface area contributed by atoms with E-state index in [0.29, 0.717) is 6.54 Å². The maximum atomic E-state index is 13.9. The number of aryl methyl sites for hydroxylation is 1. The van der Waals surface area contributed by atoms with E-state index in [1.54, 1.807) is 17.0 Å². The van der Waals surface area contributed by atoms with Gasteiger partial charge in [0, 0.05) is 16.7 Å². The first-order valence-electron chi connectivity index (χ1n) is 6.43. The minimum Gasteiger partial charge on any atom is -0.308 e. The van der Waals surface area contributed by atoms with E-state index >= 15 is 0 Å². The second-order valence-electron chi connectivity index (χ2n) is 4.96. The van der Waals surface area contributed by atoms with Gasteiger partial charge in [-0.1, -0.05) is 33.6 Å². The van der Waals surface area contributed by atoms with Crippen LogP contribution in [0, 0.1) is 12.7 Å². The summed E-state index contributed by atoms with van der Waals surface area (Å²) >= 11 is 3.41. The zero-order valence-electron chi connectivity index (χ0n) is 11.0. The Morgan fingerprint density at radius 2 is 2.05 bits per heavy atom. The van der Waals surface area contributed by atoms with Crippen LogP contribution < -0.4 is 4.90 Å². The molecule has 0 atom stereocenters. The van der Waals surface area contributed by atoms with E-state index in [1.807, 2.05) is 25.1 Å². The Hall–Kier alpha value is -1.68. The SMILES string of the molecule is Cc1ccc(F)c(C(=O)N2CCc3ccc(Br)cc32)c1. The van der Waals surface area contributed by atoms with Crippen LogP contribution >= 0.6 is 15.9 Å². The van der Waals surface area contributed by atoms with Crippen LogP contribution in [-0.2, 0) is 6.42 Å². The van der Waals surface area contributed by atoms with Crippen molar-refractivity contribution < 1.29 is 9.18 Å². The zero-order chi connectivity index (χ0) is 14.3. The minimum atomic E-state index is -0.468. The van der Waals surface area contributed by atoms with Crippen LogP contribution in [0.5, 0.6) is 0 Å². The van der Waals surface area contributed by atoms with Crippen molar-refractivity contribution in [1.29, 1.82) is 0 Å². The number of amides is 1. The molecule has 0 bridgehead atoms. The third kappa shape index (κ3) is 2.24. The van der Waals surface area contributed by atoms with Crippen molar-refractivity contribution in [3.8, 4) is 0 Å². The fourth-order valence-corrected chi connectivity index (χ4v) is 2.86. The number of carbonyl (C=O) groups is 1. The predicted molar refractivity (Wildman–Crippen MR) is 80.7 cm³/mol. The molecule has 0 saturated heterocycles. The number of hydrogen-bond acceptors (Lipinski definition) is 1. The number of carbonyl (C=O) groups excluding carboxylic acids is 1. The van der Waals surface area contributed by atoms with Gasteiger partial charge in [0.1, 0.15) is 5.82 Å². The molecule has 4 heteroatoms. The molecule has 20 heavy (non-hydrogen) atoms. The van der Waals surface area contributed by atoms with Crippen molar-refractivity contribution in [2.75, 3.05) is 11.4 Å². The molecule has 2 aromatic rings. The lowest BCUT2D eigenvalue weighted by molar-refractivity contribution is 0.0985. The first kappa shape index (κ1) is 13.3. The van der Waals surface area contributed by atoms with Gasteiger partial charge in [0.25, 0.3) is 5.91 Å². The number of anilines is 1. The Bertz CT molecular complexity index is 699. The van der Waals surface area contributed by atoms with Gasteiger partial charge in [0.15, 0.2) is 0 Å². The van der Waals surface area contributed by atoms with E-state index in [-0.39, 0.29) is 11.5 Å². The summed E-state index contributed by atoms with van der Waals surface area (Å²) in [5.41, 5.74) is 3.00. The molecule has 0 saturated carbocycles. The van der Waals surface area contributed by atoms with Crippen molar-refractivity contribution in [3.63, 3.8) is 0 Å². The highest BCUT2D eigenvalue weighted by Gasteiger charge is 2.27. The smallest absolute Gasteiger partial charge is 0.261 e. The van der Waals surface area contributed by atoms with Gasteiger partial charge >= 0.3 is 0 Å². The van der Waals surface area contributed by atoms with Gasteiger partial charge in [0.2, 0.25) is 0 Å². The van der Waals surface area contributed by atoms with Crippen LogP contribution in [0.2, 0.25) is 0 Å². The van der Waals surface area contributed by atoms with Crippen molar-refractivity contribution >= 4 is 27.5 Å². The molecule has 0 spiro atoms. The molecule has 0 fully saturated rings. The van der Waals surface area contributed by atoms with Gasteiger partial charge in [0.05, 0.1) is 5.56 Å². The number of nitrogens with zero attached hydrogens (tertiary/aromatic N) is 1. The lowest BCUT2D eigenvalue weighted by Crippen LogP contribution is -2.29. The van der Waals surface area contributed by atoms with Crippen LogP contribution in [0.3, 0.4) is 0 Å². The predicted octanol–water partition coefficient (Wildman–Crippen LogP) is 4.10. The van der Waals surface area contributed by atoms with Gasteiger partial charge in [-0.3, -0.25) is 4.79 Å². The Morgan fingerprint density at radius 1 is 1.25 bits per heavy atom. The highest BCUT2D eigenvalue weighted by Crippen LogP contribution is 2.32. The molecule has 0 aromatic heterocycles. The van der Waals surface area contributed by atoms with Crippen LogP contribution in [0.1, 0.15) is 21.5 Å². The van der Waals surface area contributed by atoms with E-state index in [9.17, 15) is 9.18 Å². The van der Waals surface area contributed by atoms with E-state index < -0.39 is 5.82 Å². The maximum Gasteiger partial charge on any atom is 0.261 e. The number of halogens is 2. The average molecular weight is 334 g/mol. The third-order valence-corrected chi connectivity index (χ3v) is 4.03. The zero-order valence-corrected chi connectivity index (χ0v) is 12.6. The Labute approximate surface area is 125 Å². The minimum absolute atomic E-state index is 0.137. The Morgan fingerprint density at radius 3 is 2.85 bits per heavy atom. The largest absolute Gasteiger partial charge is 0.308 e. The lowest BCUT2D eigenvalue weighted by atomic mass is 10.1. The first-order valence-corrected chi connectivity index (χ1v) is 7.22. The van der Waals surface area contributed by atoms with Gasteiger partial charge in [-0.05, 0) is 43.2 Å². The lowest BCUT2D eigenvalue weighted by Gasteiger charge is -2.18. The van der Waals surface area contributed by atoms with Crippen molar-refractivity contribution in [2.45, 2.75) is 13.3 Å². The molecule has 1 aliphatic rings. The van der Waals surface area contributed by atoms with Crippen molar-refractivity contribution in [2.24, 2.45) is 0 Å². The molecule has 0 unspecified atom stereocenters. The highest BCUT2D eigenvalue weighted by molar-refractivity contribution is 9.10. The summed E-state index contributed by atoms with van der Waals surface area (Å²) in [6, 6.07) is 10.5. The van der Waals surface area contributed by atoms with E-state index in [0.717, 1.165) is 27.7 Å². The quantitative estimate of drug-likeness (QED) is 0.769. The van der Waals surface area contributed by atoms with E-state index in [1.165, 1.54) is 6.07 Å². The molecule has 0 aliphatic carbocycles. The fraction of sp³-hybridized carbons (Fsp3) is 0.188. The highest BCUT2D eigenvalue weighted by atomic mass is 79.9. The summed E-state index contributed by atoms with van der Waals surface area (Å²) in [4.78, 5) is 14.2. The number of benzene rings is 2. The number of rotatable bonds is 1. The monoisotopic (exact) mass is 333 g/mol. The number of hydrogen-bond donors (Lipinski definition) is 0. The van der Waals surface area contributed by atoms with Crippen molar-refractivity contribution in [3.05, 3.63) is 63.4 Å². The van der Waals surface area contributed by atoms with E-state index in [2.05, 4.69) is 15.9 Å². The van der Waals surface area contributed by atoms with Crippen molar-refractivity contribution in [1.82, 2.24) is 0 Å². The molecule has 0 radical (unpaired) electrons. The Balaban J connectivity index is 2.01. The molecule has 2 nitrogen and oxygen atoms in total. The molecule has 2 aromatic carbocycles. The molecule has 1 amide bonds. The van der Waals surface area contributed by atoms with Gasteiger partial charge in [-0.25, -0.2) is 4.39 Å². The third-order valence-electron chi connectivity index (χ3n) is 3.54. The van der Waals surface area contributed by atoms with Crippen LogP contribution in [0.15, 0.2) is 40.9 Å². The summed E-state index contributed by atoms with van der Waals surface area (Å²) in [7, 11) is 0. The summed E-state index contributed by atoms with van der Waals surface area (Å²) in [5.74, 6) is -0.743. The van der Waals surface area contributed by atoms with Crippen LogP contribution in [-0.4, -0.2) is 12.5 Å². The molecule has 1 heterocycles. The standard InChI is InChI=1S/C16H13BrFNO/c1-10-2-5-14(18)13(8-10)16(20)19-7-6-11-3-4-12(17)9-15(11)19/h2-5,8-9H,6-7H2,1H3. The summed E-state index contributed by atoms with van der Waals surface area (Å²) in [6.07, 6.45) is 0.807. The fourth-order valence-electron chi connectivity index (χ4n) is 2.51.